The van der Waals surface area contributed by atoms with Gasteiger partial charge in [0.05, 0.1) is 0 Å². The molecule has 2 N–H and O–H groups in total. The minimum Gasteiger partial charge on any atom is -0.326 e. The Bertz CT molecular complexity index is 377. The summed E-state index contributed by atoms with van der Waals surface area (Å²) in [6, 6.07) is 7.16. The molecule has 1 unspecified atom stereocenters. The van der Waals surface area contributed by atoms with E-state index in [1.165, 1.54) is 0 Å². The van der Waals surface area contributed by atoms with Crippen molar-refractivity contribution < 1.29 is 4.79 Å². The molecule has 0 aromatic heterocycles. The van der Waals surface area contributed by atoms with Gasteiger partial charge < -0.3 is 10.6 Å². The molecule has 1 aromatic rings. The lowest BCUT2D eigenvalue weighted by molar-refractivity contribution is -0.121. The number of benzene rings is 1. The van der Waals surface area contributed by atoms with Crippen LogP contribution in [0.2, 0.25) is 5.02 Å². The summed E-state index contributed by atoms with van der Waals surface area (Å²) >= 11 is 5.77. The molecule has 1 aromatic carbocycles. The fourth-order valence-corrected chi connectivity index (χ4v) is 1.79. The fraction of sp³-hybridized carbons (Fsp3) is 0.417. The van der Waals surface area contributed by atoms with Gasteiger partial charge in [-0.1, -0.05) is 18.5 Å². The summed E-state index contributed by atoms with van der Waals surface area (Å²) in [5, 5.41) is 6.74. The van der Waals surface area contributed by atoms with Crippen LogP contribution in [-0.4, -0.2) is 19.0 Å². The first kappa shape index (κ1) is 14.3. The minimum atomic E-state index is 0. The maximum Gasteiger partial charge on any atom is 0.227 e. The molecule has 1 saturated heterocycles. The van der Waals surface area contributed by atoms with Crippen LogP contribution in [0.15, 0.2) is 24.3 Å². The quantitative estimate of drug-likeness (QED) is 0.890. The molecule has 0 radical (unpaired) electrons. The van der Waals surface area contributed by atoms with Gasteiger partial charge in [-0.3, -0.25) is 4.79 Å². The van der Waals surface area contributed by atoms with E-state index in [-0.39, 0.29) is 24.2 Å². The molecule has 0 aliphatic carbocycles. The Kier molecular flexibility index (Phi) is 5.25. The lowest BCUT2D eigenvalue weighted by Gasteiger charge is -2.31. The van der Waals surface area contributed by atoms with E-state index in [0.717, 1.165) is 18.8 Å². The van der Waals surface area contributed by atoms with Gasteiger partial charge in [0.2, 0.25) is 5.91 Å². The summed E-state index contributed by atoms with van der Waals surface area (Å²) in [6.07, 6.45) is 0. The van der Waals surface area contributed by atoms with Gasteiger partial charge in [-0.2, -0.15) is 0 Å². The molecule has 0 bridgehead atoms. The monoisotopic (exact) mass is 274 g/mol. The largest absolute Gasteiger partial charge is 0.326 e. The van der Waals surface area contributed by atoms with E-state index in [0.29, 0.717) is 10.9 Å². The van der Waals surface area contributed by atoms with Gasteiger partial charge >= 0.3 is 0 Å². The Hall–Kier alpha value is -0.770. The Balaban J connectivity index is 0.00000144. The molecular weight excluding hydrogens is 259 g/mol. The molecule has 1 fully saturated rings. The van der Waals surface area contributed by atoms with E-state index < -0.39 is 0 Å². The number of amides is 1. The SMILES string of the molecule is CC(C(=O)Nc1ccc(Cl)cc1)C1CNC1.Cl. The van der Waals surface area contributed by atoms with E-state index in [1.54, 1.807) is 12.1 Å². The number of carbonyl (C=O) groups excluding carboxylic acids is 1. The molecule has 1 aliphatic heterocycles. The van der Waals surface area contributed by atoms with Crippen molar-refractivity contribution in [2.24, 2.45) is 11.8 Å². The van der Waals surface area contributed by atoms with Gasteiger partial charge in [0.1, 0.15) is 0 Å². The van der Waals surface area contributed by atoms with Crippen molar-refractivity contribution in [3.63, 3.8) is 0 Å². The molecule has 1 heterocycles. The van der Waals surface area contributed by atoms with Gasteiger partial charge in [0.25, 0.3) is 0 Å². The van der Waals surface area contributed by atoms with Crippen LogP contribution >= 0.6 is 24.0 Å². The molecule has 0 spiro atoms. The standard InChI is InChI=1S/C12H15ClN2O.ClH/c1-8(9-6-14-7-9)12(16)15-11-4-2-10(13)3-5-11;/h2-5,8-9,14H,6-7H2,1H3,(H,15,16);1H. The Morgan fingerprint density at radius 3 is 2.47 bits per heavy atom. The lowest BCUT2D eigenvalue weighted by Crippen LogP contribution is -2.48. The highest BCUT2D eigenvalue weighted by Gasteiger charge is 2.28. The van der Waals surface area contributed by atoms with Gasteiger partial charge in [-0.05, 0) is 43.3 Å². The molecule has 1 atom stereocenters. The molecule has 1 amide bonds. The van der Waals surface area contributed by atoms with E-state index in [9.17, 15) is 4.79 Å². The fourth-order valence-electron chi connectivity index (χ4n) is 1.67. The van der Waals surface area contributed by atoms with E-state index in [2.05, 4.69) is 10.6 Å². The van der Waals surface area contributed by atoms with Gasteiger partial charge in [-0.25, -0.2) is 0 Å². The van der Waals surface area contributed by atoms with Gasteiger partial charge in [0, 0.05) is 16.6 Å². The molecule has 94 valence electrons. The van der Waals surface area contributed by atoms with E-state index in [1.807, 2.05) is 19.1 Å². The maximum absolute atomic E-state index is 11.9. The molecule has 1 aliphatic rings. The number of hydrogen-bond donors (Lipinski definition) is 2. The smallest absolute Gasteiger partial charge is 0.227 e. The van der Waals surface area contributed by atoms with E-state index in [4.69, 9.17) is 11.6 Å². The summed E-state index contributed by atoms with van der Waals surface area (Å²) in [4.78, 5) is 11.9. The van der Waals surface area contributed by atoms with Gasteiger partial charge in [-0.15, -0.1) is 12.4 Å². The predicted octanol–water partition coefficient (Wildman–Crippen LogP) is 2.56. The Labute approximate surface area is 112 Å². The molecule has 3 nitrogen and oxygen atoms in total. The van der Waals surface area contributed by atoms with E-state index >= 15 is 0 Å². The zero-order chi connectivity index (χ0) is 11.5. The van der Waals surface area contributed by atoms with Crippen LogP contribution in [0.25, 0.3) is 0 Å². The Morgan fingerprint density at radius 1 is 1.41 bits per heavy atom. The first-order valence-corrected chi connectivity index (χ1v) is 5.82. The number of rotatable bonds is 3. The predicted molar refractivity (Wildman–Crippen MR) is 72.9 cm³/mol. The maximum atomic E-state index is 11.9. The second-order valence-corrected chi connectivity index (χ2v) is 4.64. The van der Waals surface area contributed by atoms with Crippen LogP contribution in [0.1, 0.15) is 6.92 Å². The van der Waals surface area contributed by atoms with Crippen LogP contribution in [-0.2, 0) is 4.79 Å². The number of nitrogens with one attached hydrogen (secondary N) is 2. The number of anilines is 1. The summed E-state index contributed by atoms with van der Waals surface area (Å²) in [7, 11) is 0. The van der Waals surface area contributed by atoms with Crippen molar-refractivity contribution in [1.29, 1.82) is 0 Å². The number of hydrogen-bond acceptors (Lipinski definition) is 2. The number of halogens is 2. The second kappa shape index (κ2) is 6.24. The first-order valence-electron chi connectivity index (χ1n) is 5.44. The van der Waals surface area contributed by atoms with Crippen LogP contribution in [0.3, 0.4) is 0 Å². The molecule has 0 saturated carbocycles. The molecule has 5 heteroatoms. The minimum absolute atomic E-state index is 0. The highest BCUT2D eigenvalue weighted by atomic mass is 35.5. The third-order valence-corrected chi connectivity index (χ3v) is 3.30. The van der Waals surface area contributed by atoms with Crippen LogP contribution in [0.4, 0.5) is 5.69 Å². The van der Waals surface area contributed by atoms with Crippen molar-refractivity contribution in [1.82, 2.24) is 5.32 Å². The lowest BCUT2D eigenvalue weighted by atomic mass is 9.88. The highest BCUT2D eigenvalue weighted by molar-refractivity contribution is 6.30. The topological polar surface area (TPSA) is 41.1 Å². The Morgan fingerprint density at radius 2 is 2.00 bits per heavy atom. The normalized spacial score (nSPS) is 16.6. The van der Waals surface area contributed by atoms with Crippen LogP contribution < -0.4 is 10.6 Å². The highest BCUT2D eigenvalue weighted by Crippen LogP contribution is 2.19. The zero-order valence-electron chi connectivity index (χ0n) is 9.57. The average molecular weight is 275 g/mol. The third-order valence-electron chi connectivity index (χ3n) is 3.05. The van der Waals surface area contributed by atoms with Crippen molar-refractivity contribution in [3.8, 4) is 0 Å². The van der Waals surface area contributed by atoms with Crippen molar-refractivity contribution >= 4 is 35.6 Å². The summed E-state index contributed by atoms with van der Waals surface area (Å²) < 4.78 is 0. The summed E-state index contributed by atoms with van der Waals surface area (Å²) in [6.45, 7) is 3.85. The van der Waals surface area contributed by atoms with Crippen molar-refractivity contribution in [3.05, 3.63) is 29.3 Å². The number of carbonyl (C=O) groups is 1. The average Bonchev–Trinajstić information content (AvgIpc) is 2.19. The van der Waals surface area contributed by atoms with Crippen molar-refractivity contribution in [2.75, 3.05) is 18.4 Å². The van der Waals surface area contributed by atoms with Crippen LogP contribution in [0, 0.1) is 11.8 Å². The zero-order valence-corrected chi connectivity index (χ0v) is 11.1. The summed E-state index contributed by atoms with van der Waals surface area (Å²) in [5.74, 6) is 0.595. The van der Waals surface area contributed by atoms with Crippen LogP contribution in [0.5, 0.6) is 0 Å². The van der Waals surface area contributed by atoms with Gasteiger partial charge in [0.15, 0.2) is 0 Å². The van der Waals surface area contributed by atoms with Crippen molar-refractivity contribution in [2.45, 2.75) is 6.92 Å². The molecule has 17 heavy (non-hydrogen) atoms. The first-order chi connectivity index (χ1) is 7.66. The molecule has 2 rings (SSSR count). The summed E-state index contributed by atoms with van der Waals surface area (Å²) in [5.41, 5.74) is 0.800. The molecular formula is C12H16Cl2N2O. The second-order valence-electron chi connectivity index (χ2n) is 4.20. The third kappa shape index (κ3) is 3.60.